The number of rotatable bonds is 7. The minimum Gasteiger partial charge on any atom is -0.350 e. The van der Waals surface area contributed by atoms with Gasteiger partial charge in [0.2, 0.25) is 15.9 Å². The molecule has 0 saturated heterocycles. The summed E-state index contributed by atoms with van der Waals surface area (Å²) in [5.74, 6) is -0.209. The van der Waals surface area contributed by atoms with Gasteiger partial charge in [-0.15, -0.1) is 0 Å². The van der Waals surface area contributed by atoms with E-state index in [1.807, 2.05) is 37.3 Å². The maximum absolute atomic E-state index is 12.2. The van der Waals surface area contributed by atoms with Crippen molar-refractivity contribution >= 4 is 33.2 Å². The SMILES string of the molecule is CC(NC(=O)CCN(c1ccc(Cl)cc1)S(C)(=O)=O)c1ccccc1. The van der Waals surface area contributed by atoms with Gasteiger partial charge in [0.25, 0.3) is 0 Å². The van der Waals surface area contributed by atoms with Gasteiger partial charge in [0.05, 0.1) is 18.0 Å². The van der Waals surface area contributed by atoms with Crippen molar-refractivity contribution in [2.24, 2.45) is 0 Å². The molecule has 2 aromatic carbocycles. The van der Waals surface area contributed by atoms with Gasteiger partial charge in [-0.1, -0.05) is 41.9 Å². The Morgan fingerprint density at radius 2 is 1.72 bits per heavy atom. The highest BCUT2D eigenvalue weighted by Crippen LogP contribution is 2.21. The van der Waals surface area contributed by atoms with E-state index in [2.05, 4.69) is 5.32 Å². The molecule has 1 unspecified atom stereocenters. The lowest BCUT2D eigenvalue weighted by atomic mass is 10.1. The van der Waals surface area contributed by atoms with Crippen molar-refractivity contribution in [3.63, 3.8) is 0 Å². The van der Waals surface area contributed by atoms with Crippen LogP contribution in [0.2, 0.25) is 5.02 Å². The first-order valence-electron chi connectivity index (χ1n) is 7.85. The van der Waals surface area contributed by atoms with Crippen LogP contribution in [-0.2, 0) is 14.8 Å². The van der Waals surface area contributed by atoms with E-state index in [0.29, 0.717) is 10.7 Å². The molecule has 0 fully saturated rings. The number of anilines is 1. The second-order valence-corrected chi connectivity index (χ2v) is 8.10. The fourth-order valence-electron chi connectivity index (χ4n) is 2.44. The van der Waals surface area contributed by atoms with Crippen LogP contribution in [-0.4, -0.2) is 27.1 Å². The Kier molecular flexibility index (Phi) is 6.45. The van der Waals surface area contributed by atoms with Crippen LogP contribution in [0.4, 0.5) is 5.69 Å². The zero-order chi connectivity index (χ0) is 18.4. The van der Waals surface area contributed by atoms with E-state index in [9.17, 15) is 13.2 Å². The van der Waals surface area contributed by atoms with Crippen LogP contribution < -0.4 is 9.62 Å². The third-order valence-electron chi connectivity index (χ3n) is 3.73. The summed E-state index contributed by atoms with van der Waals surface area (Å²) in [7, 11) is -3.50. The van der Waals surface area contributed by atoms with E-state index < -0.39 is 10.0 Å². The van der Waals surface area contributed by atoms with Crippen molar-refractivity contribution < 1.29 is 13.2 Å². The minimum atomic E-state index is -3.50. The number of nitrogens with one attached hydrogen (secondary N) is 1. The Morgan fingerprint density at radius 3 is 2.28 bits per heavy atom. The number of nitrogens with zero attached hydrogens (tertiary/aromatic N) is 1. The van der Waals surface area contributed by atoms with Crippen LogP contribution in [0.25, 0.3) is 0 Å². The fraction of sp³-hybridized carbons (Fsp3) is 0.278. The average Bonchev–Trinajstić information content (AvgIpc) is 2.56. The Morgan fingerprint density at radius 1 is 1.12 bits per heavy atom. The monoisotopic (exact) mass is 380 g/mol. The zero-order valence-corrected chi connectivity index (χ0v) is 15.7. The smallest absolute Gasteiger partial charge is 0.232 e. The largest absolute Gasteiger partial charge is 0.350 e. The predicted octanol–water partition coefficient (Wildman–Crippen LogP) is 3.37. The number of sulfonamides is 1. The normalized spacial score (nSPS) is 12.4. The molecule has 0 aliphatic rings. The van der Waals surface area contributed by atoms with Crippen LogP contribution in [0.3, 0.4) is 0 Å². The number of amides is 1. The maximum Gasteiger partial charge on any atom is 0.232 e. The summed E-state index contributed by atoms with van der Waals surface area (Å²) in [4.78, 5) is 12.2. The van der Waals surface area contributed by atoms with Crippen LogP contribution in [0.15, 0.2) is 54.6 Å². The topological polar surface area (TPSA) is 66.5 Å². The van der Waals surface area contributed by atoms with Crippen LogP contribution >= 0.6 is 11.6 Å². The fourth-order valence-corrected chi connectivity index (χ4v) is 3.49. The molecule has 7 heteroatoms. The Hall–Kier alpha value is -2.05. The van der Waals surface area contributed by atoms with Crippen LogP contribution in [0, 0.1) is 0 Å². The second-order valence-electron chi connectivity index (χ2n) is 5.76. The molecule has 134 valence electrons. The molecular weight excluding hydrogens is 360 g/mol. The lowest BCUT2D eigenvalue weighted by molar-refractivity contribution is -0.121. The predicted molar refractivity (Wildman–Crippen MR) is 101 cm³/mol. The van der Waals surface area contributed by atoms with Crippen LogP contribution in [0.5, 0.6) is 0 Å². The number of carbonyl (C=O) groups excluding carboxylic acids is 1. The van der Waals surface area contributed by atoms with Gasteiger partial charge < -0.3 is 5.32 Å². The molecule has 0 aromatic heterocycles. The number of hydrogen-bond donors (Lipinski definition) is 1. The maximum atomic E-state index is 12.2. The van der Waals surface area contributed by atoms with E-state index in [1.165, 1.54) is 4.31 Å². The van der Waals surface area contributed by atoms with E-state index in [-0.39, 0.29) is 24.9 Å². The molecule has 0 radical (unpaired) electrons. The highest BCUT2D eigenvalue weighted by Gasteiger charge is 2.19. The summed E-state index contributed by atoms with van der Waals surface area (Å²) in [6.07, 6.45) is 1.18. The van der Waals surface area contributed by atoms with Gasteiger partial charge in [0.1, 0.15) is 0 Å². The van der Waals surface area contributed by atoms with Gasteiger partial charge in [-0.05, 0) is 36.8 Å². The van der Waals surface area contributed by atoms with Gasteiger partial charge in [-0.3, -0.25) is 9.10 Å². The molecule has 5 nitrogen and oxygen atoms in total. The Bertz CT molecular complexity index is 808. The third kappa shape index (κ3) is 5.76. The van der Waals surface area contributed by atoms with Gasteiger partial charge in [-0.25, -0.2) is 8.42 Å². The highest BCUT2D eigenvalue weighted by atomic mass is 35.5. The van der Waals surface area contributed by atoms with Crippen molar-refractivity contribution in [1.82, 2.24) is 5.32 Å². The summed E-state index contributed by atoms with van der Waals surface area (Å²) >= 11 is 5.84. The summed E-state index contributed by atoms with van der Waals surface area (Å²) in [6.45, 7) is 1.95. The van der Waals surface area contributed by atoms with Crippen LogP contribution in [0.1, 0.15) is 24.9 Å². The third-order valence-corrected chi connectivity index (χ3v) is 5.18. The van der Waals surface area contributed by atoms with E-state index in [0.717, 1.165) is 11.8 Å². The molecule has 0 aliphatic carbocycles. The molecule has 0 spiro atoms. The number of benzene rings is 2. The molecular formula is C18H21ClN2O3S. The number of carbonyl (C=O) groups is 1. The first-order valence-corrected chi connectivity index (χ1v) is 10.1. The van der Waals surface area contributed by atoms with Crippen molar-refractivity contribution in [2.75, 3.05) is 17.1 Å². The van der Waals surface area contributed by atoms with Gasteiger partial charge in [0.15, 0.2) is 0 Å². The molecule has 1 atom stereocenters. The van der Waals surface area contributed by atoms with Gasteiger partial charge in [-0.2, -0.15) is 0 Å². The molecule has 2 aromatic rings. The second kappa shape index (κ2) is 8.36. The highest BCUT2D eigenvalue weighted by molar-refractivity contribution is 7.92. The Balaban J connectivity index is 2.00. The van der Waals surface area contributed by atoms with Crippen molar-refractivity contribution in [3.05, 3.63) is 65.2 Å². The molecule has 1 N–H and O–H groups in total. The molecule has 0 aliphatic heterocycles. The van der Waals surface area contributed by atoms with Crippen molar-refractivity contribution in [3.8, 4) is 0 Å². The first kappa shape index (κ1) is 19.3. The van der Waals surface area contributed by atoms with E-state index in [4.69, 9.17) is 11.6 Å². The first-order chi connectivity index (χ1) is 11.8. The molecule has 0 saturated carbocycles. The summed E-state index contributed by atoms with van der Waals surface area (Å²) in [5, 5.41) is 3.40. The molecule has 25 heavy (non-hydrogen) atoms. The van der Waals surface area contributed by atoms with Crippen molar-refractivity contribution in [1.29, 1.82) is 0 Å². The average molecular weight is 381 g/mol. The van der Waals surface area contributed by atoms with Crippen molar-refractivity contribution in [2.45, 2.75) is 19.4 Å². The summed E-state index contributed by atoms with van der Waals surface area (Å²) in [5.41, 5.74) is 1.48. The lowest BCUT2D eigenvalue weighted by Gasteiger charge is -2.23. The van der Waals surface area contributed by atoms with Gasteiger partial charge >= 0.3 is 0 Å². The number of hydrogen-bond acceptors (Lipinski definition) is 3. The summed E-state index contributed by atoms with van der Waals surface area (Å²) in [6, 6.07) is 15.9. The number of halogens is 1. The minimum absolute atomic E-state index is 0.0624. The molecule has 1 amide bonds. The molecule has 2 rings (SSSR count). The molecule has 0 heterocycles. The standard InChI is InChI=1S/C18H21ClN2O3S/c1-14(15-6-4-3-5-7-15)20-18(22)12-13-21(25(2,23)24)17-10-8-16(19)9-11-17/h3-11,14H,12-13H2,1-2H3,(H,20,22). The lowest BCUT2D eigenvalue weighted by Crippen LogP contribution is -2.35. The summed E-state index contributed by atoms with van der Waals surface area (Å²) < 4.78 is 25.3. The zero-order valence-electron chi connectivity index (χ0n) is 14.1. The van der Waals surface area contributed by atoms with E-state index in [1.54, 1.807) is 24.3 Å². The Labute approximate surface area is 153 Å². The molecule has 0 bridgehead atoms. The van der Waals surface area contributed by atoms with Gasteiger partial charge in [0, 0.05) is 18.0 Å². The van der Waals surface area contributed by atoms with E-state index >= 15 is 0 Å². The quantitative estimate of drug-likeness (QED) is 0.800.